The van der Waals surface area contributed by atoms with Gasteiger partial charge in [0.2, 0.25) is 0 Å². The van der Waals surface area contributed by atoms with E-state index in [1.165, 1.54) is 6.92 Å². The van der Waals surface area contributed by atoms with Crippen molar-refractivity contribution in [3.63, 3.8) is 0 Å². The molecule has 0 spiro atoms. The molecule has 0 aromatic rings. The first-order valence-corrected chi connectivity index (χ1v) is 2.99. The molecule has 0 bridgehead atoms. The molecule has 0 aromatic heterocycles. The molecule has 0 aromatic carbocycles. The first-order chi connectivity index (χ1) is 4.18. The lowest BCUT2D eigenvalue weighted by atomic mass is 10.4. The van der Waals surface area contributed by atoms with Crippen LogP contribution in [0, 0.1) is 0 Å². The van der Waals surface area contributed by atoms with Crippen molar-refractivity contribution in [3.8, 4) is 0 Å². The van der Waals surface area contributed by atoms with Crippen LogP contribution >= 0.6 is 0 Å². The summed E-state index contributed by atoms with van der Waals surface area (Å²) in [6.45, 7) is 3.74. The summed E-state index contributed by atoms with van der Waals surface area (Å²) in [6, 6.07) is -1.40. The van der Waals surface area contributed by atoms with E-state index in [2.05, 4.69) is 0 Å². The van der Waals surface area contributed by atoms with Crippen molar-refractivity contribution < 1.29 is 18.6 Å². The lowest BCUT2D eigenvalue weighted by Gasteiger charge is -2.04. The average molecular weight is 154 g/mol. The number of carbonyl (C=O) groups excluding carboxylic acids is 1. The second-order valence-electron chi connectivity index (χ2n) is 1.82. The van der Waals surface area contributed by atoms with E-state index in [9.17, 15) is 9.18 Å². The van der Waals surface area contributed by atoms with E-state index in [0.29, 0.717) is 6.61 Å². The van der Waals surface area contributed by atoms with Gasteiger partial charge < -0.3 is 4.74 Å². The van der Waals surface area contributed by atoms with Crippen LogP contribution in [0.5, 0.6) is 0 Å². The van der Waals surface area contributed by atoms with Crippen molar-refractivity contribution in [3.05, 3.63) is 0 Å². The summed E-state index contributed by atoms with van der Waals surface area (Å²) in [5, 5.41) is 0. The Bertz CT molecular complexity index is 95.7. The SMILES string of the molecule is CCCOC(C)C(=O)F.F. The smallest absolute Gasteiger partial charge is 0.329 e. The van der Waals surface area contributed by atoms with Gasteiger partial charge in [0.25, 0.3) is 0 Å². The van der Waals surface area contributed by atoms with Gasteiger partial charge in [0.1, 0.15) is 6.10 Å². The molecule has 62 valence electrons. The van der Waals surface area contributed by atoms with E-state index in [4.69, 9.17) is 4.74 Å². The normalized spacial score (nSPS) is 11.9. The molecule has 0 fully saturated rings. The Balaban J connectivity index is 0. The van der Waals surface area contributed by atoms with Gasteiger partial charge in [0, 0.05) is 6.61 Å². The largest absolute Gasteiger partial charge is 0.368 e. The summed E-state index contributed by atoms with van der Waals surface area (Å²) in [6.07, 6.45) is -0.0811. The maximum absolute atomic E-state index is 11.7. The lowest BCUT2D eigenvalue weighted by molar-refractivity contribution is -0.140. The van der Waals surface area contributed by atoms with E-state index in [-0.39, 0.29) is 4.70 Å². The predicted molar refractivity (Wildman–Crippen MR) is 34.3 cm³/mol. The van der Waals surface area contributed by atoms with Gasteiger partial charge in [-0.15, -0.1) is 0 Å². The van der Waals surface area contributed by atoms with Gasteiger partial charge in [-0.1, -0.05) is 6.92 Å². The molecule has 2 nitrogen and oxygen atoms in total. The molecule has 0 amide bonds. The summed E-state index contributed by atoms with van der Waals surface area (Å²) in [5.74, 6) is 0. The summed E-state index contributed by atoms with van der Waals surface area (Å²) < 4.78 is 16.4. The topological polar surface area (TPSA) is 26.3 Å². The third-order valence-corrected chi connectivity index (χ3v) is 0.892. The fourth-order valence-corrected chi connectivity index (χ4v) is 0.360. The van der Waals surface area contributed by atoms with E-state index < -0.39 is 12.1 Å². The zero-order valence-electron chi connectivity index (χ0n) is 6.09. The molecule has 10 heavy (non-hydrogen) atoms. The van der Waals surface area contributed by atoms with Crippen LogP contribution in [0.4, 0.5) is 9.09 Å². The minimum atomic E-state index is -1.40. The van der Waals surface area contributed by atoms with Gasteiger partial charge in [-0.05, 0) is 13.3 Å². The fraction of sp³-hybridized carbons (Fsp3) is 0.833. The summed E-state index contributed by atoms with van der Waals surface area (Å²) >= 11 is 0. The van der Waals surface area contributed by atoms with Crippen LogP contribution in [0.3, 0.4) is 0 Å². The number of carbonyl (C=O) groups is 1. The molecule has 0 N–H and O–H groups in total. The van der Waals surface area contributed by atoms with Crippen molar-refractivity contribution >= 4 is 6.04 Å². The zero-order valence-corrected chi connectivity index (χ0v) is 6.09. The number of hydrogen-bond acceptors (Lipinski definition) is 2. The first kappa shape index (κ1) is 12.2. The monoisotopic (exact) mass is 154 g/mol. The molecule has 0 aliphatic carbocycles. The predicted octanol–water partition coefficient (Wildman–Crippen LogP) is 1.45. The van der Waals surface area contributed by atoms with Crippen LogP contribution in [-0.2, 0) is 9.53 Å². The third kappa shape index (κ3) is 5.62. The van der Waals surface area contributed by atoms with E-state index in [0.717, 1.165) is 6.42 Å². The number of hydrogen-bond donors (Lipinski definition) is 0. The van der Waals surface area contributed by atoms with Gasteiger partial charge >= 0.3 is 6.04 Å². The molecule has 0 saturated heterocycles. The summed E-state index contributed by atoms with van der Waals surface area (Å²) in [4.78, 5) is 9.86. The molecule has 1 unspecified atom stereocenters. The van der Waals surface area contributed by atoms with Gasteiger partial charge in [-0.25, -0.2) is 0 Å². The standard InChI is InChI=1S/C6H11FO2.FH/c1-3-4-9-5(2)6(7)8;/h5H,3-4H2,1-2H3;1H. The van der Waals surface area contributed by atoms with Gasteiger partial charge in [-0.2, -0.15) is 4.39 Å². The molecule has 0 aliphatic heterocycles. The average Bonchev–Trinajstić information content (AvgIpc) is 1.82. The third-order valence-electron chi connectivity index (χ3n) is 0.892. The summed E-state index contributed by atoms with van der Waals surface area (Å²) in [7, 11) is 0. The van der Waals surface area contributed by atoms with Crippen LogP contribution in [0.1, 0.15) is 20.3 Å². The molecular weight excluding hydrogens is 142 g/mol. The van der Waals surface area contributed by atoms with Crippen LogP contribution in [-0.4, -0.2) is 18.7 Å². The molecular formula is C6H12F2O2. The van der Waals surface area contributed by atoms with Crippen LogP contribution in [0.15, 0.2) is 0 Å². The zero-order chi connectivity index (χ0) is 7.28. The highest BCUT2D eigenvalue weighted by Gasteiger charge is 2.09. The molecule has 0 aliphatic rings. The molecule has 1 atom stereocenters. The maximum atomic E-state index is 11.7. The second-order valence-corrected chi connectivity index (χ2v) is 1.82. The first-order valence-electron chi connectivity index (χ1n) is 2.99. The highest BCUT2D eigenvalue weighted by Crippen LogP contribution is 1.93. The number of halogens is 2. The van der Waals surface area contributed by atoms with Crippen molar-refractivity contribution in [1.29, 1.82) is 0 Å². The molecule has 0 radical (unpaired) electrons. The lowest BCUT2D eigenvalue weighted by Crippen LogP contribution is -2.16. The molecule has 0 rings (SSSR count). The number of ether oxygens (including phenoxy) is 1. The van der Waals surface area contributed by atoms with Crippen LogP contribution < -0.4 is 0 Å². The Kier molecular flexibility index (Phi) is 8.06. The van der Waals surface area contributed by atoms with Crippen LogP contribution in [0.2, 0.25) is 0 Å². The highest BCUT2D eigenvalue weighted by molar-refractivity contribution is 5.72. The van der Waals surface area contributed by atoms with Crippen molar-refractivity contribution in [2.75, 3.05) is 6.61 Å². The number of rotatable bonds is 4. The Labute approximate surface area is 58.7 Å². The Hall–Kier alpha value is -0.510. The quantitative estimate of drug-likeness (QED) is 0.573. The van der Waals surface area contributed by atoms with E-state index in [1.54, 1.807) is 0 Å². The maximum Gasteiger partial charge on any atom is 0.329 e. The molecule has 0 saturated carbocycles. The minimum absolute atomic E-state index is 0. The van der Waals surface area contributed by atoms with Crippen molar-refractivity contribution in [2.45, 2.75) is 26.4 Å². The van der Waals surface area contributed by atoms with Gasteiger partial charge in [0.05, 0.1) is 0 Å². The second kappa shape index (κ2) is 6.61. The van der Waals surface area contributed by atoms with E-state index >= 15 is 0 Å². The Morgan fingerprint density at radius 3 is 2.50 bits per heavy atom. The fourth-order valence-electron chi connectivity index (χ4n) is 0.360. The van der Waals surface area contributed by atoms with Crippen molar-refractivity contribution in [2.24, 2.45) is 0 Å². The van der Waals surface area contributed by atoms with Gasteiger partial charge in [0.15, 0.2) is 0 Å². The Morgan fingerprint density at radius 1 is 1.70 bits per heavy atom. The highest BCUT2D eigenvalue weighted by atomic mass is 19.1. The van der Waals surface area contributed by atoms with Crippen molar-refractivity contribution in [1.82, 2.24) is 0 Å². The van der Waals surface area contributed by atoms with Crippen LogP contribution in [0.25, 0.3) is 0 Å². The molecule has 4 heteroatoms. The van der Waals surface area contributed by atoms with Gasteiger partial charge in [-0.3, -0.25) is 9.50 Å². The minimum Gasteiger partial charge on any atom is -0.368 e. The van der Waals surface area contributed by atoms with E-state index in [1.807, 2.05) is 6.92 Å². The summed E-state index contributed by atoms with van der Waals surface area (Å²) in [5.41, 5.74) is 0. The molecule has 0 heterocycles. The Morgan fingerprint density at radius 2 is 2.20 bits per heavy atom.